The molecule has 0 aliphatic carbocycles. The van der Waals surface area contributed by atoms with Crippen molar-refractivity contribution in [3.8, 4) is 0 Å². The lowest BCUT2D eigenvalue weighted by Gasteiger charge is -2.21. The topological polar surface area (TPSA) is 25.2 Å². The number of benzene rings is 1. The molecular weight excluding hydrogens is 254 g/mol. The predicted octanol–water partition coefficient (Wildman–Crippen LogP) is 4.05. The minimum Gasteiger partial charge on any atom is -0.376 e. The van der Waals surface area contributed by atoms with Crippen LogP contribution in [0, 0.1) is 0 Å². The van der Waals surface area contributed by atoms with Crippen LogP contribution in [-0.4, -0.2) is 9.67 Å². The van der Waals surface area contributed by atoms with Crippen LogP contribution in [0.15, 0.2) is 24.3 Å². The molecule has 0 fully saturated rings. The van der Waals surface area contributed by atoms with Crippen molar-refractivity contribution < 1.29 is 5.11 Å². The van der Waals surface area contributed by atoms with Crippen LogP contribution in [-0.2, 0) is 16.9 Å². The number of thiol groups is 1. The zero-order chi connectivity index (χ0) is 14.4. The quantitative estimate of drug-likeness (QED) is 0.795. The van der Waals surface area contributed by atoms with Gasteiger partial charge in [-0.3, -0.25) is 0 Å². The molecule has 0 saturated carbocycles. The van der Waals surface area contributed by atoms with E-state index in [0.29, 0.717) is 0 Å². The van der Waals surface area contributed by atoms with Gasteiger partial charge in [0.25, 0.3) is 0 Å². The molecule has 0 amide bonds. The molecule has 2 rings (SSSR count). The number of fused-ring (bicyclic) bond motifs is 1. The lowest BCUT2D eigenvalue weighted by molar-refractivity contribution is 0.210. The summed E-state index contributed by atoms with van der Waals surface area (Å²) in [7, 11) is 0. The molecule has 2 nitrogen and oxygen atoms in total. The zero-order valence-electron chi connectivity index (χ0n) is 12.4. The molecule has 104 valence electrons. The first-order chi connectivity index (χ1) is 8.64. The Labute approximate surface area is 120 Å². The van der Waals surface area contributed by atoms with Crippen LogP contribution in [0.25, 0.3) is 10.9 Å². The van der Waals surface area contributed by atoms with E-state index in [1.165, 1.54) is 5.56 Å². The Morgan fingerprint density at radius 2 is 1.74 bits per heavy atom. The van der Waals surface area contributed by atoms with Crippen LogP contribution in [0.5, 0.6) is 0 Å². The molecule has 0 radical (unpaired) electrons. The molecule has 0 atom stereocenters. The molecule has 1 heterocycles. The molecule has 0 saturated heterocycles. The first-order valence-electron chi connectivity index (χ1n) is 6.62. The molecule has 0 aliphatic rings. The number of aliphatic hydroxyl groups is 1. The normalized spacial score (nSPS) is 13.2. The van der Waals surface area contributed by atoms with Crippen molar-refractivity contribution in [3.05, 3.63) is 35.5 Å². The molecule has 1 N–H and O–H groups in total. The lowest BCUT2D eigenvalue weighted by atomic mass is 9.87. The van der Waals surface area contributed by atoms with Gasteiger partial charge in [-0.05, 0) is 37.0 Å². The minimum absolute atomic E-state index is 0.0174. The van der Waals surface area contributed by atoms with Crippen molar-refractivity contribution >= 4 is 23.5 Å². The summed E-state index contributed by atoms with van der Waals surface area (Å²) >= 11 is 4.63. The summed E-state index contributed by atoms with van der Waals surface area (Å²) in [5, 5.41) is 10.8. The number of aromatic nitrogens is 1. The van der Waals surface area contributed by atoms with E-state index < -0.39 is 0 Å². The summed E-state index contributed by atoms with van der Waals surface area (Å²) in [6.45, 7) is 10.7. The Balaban J connectivity index is 2.72. The van der Waals surface area contributed by atoms with Crippen LogP contribution in [0.3, 0.4) is 0 Å². The molecule has 3 heteroatoms. The summed E-state index contributed by atoms with van der Waals surface area (Å²) < 4.78 is 1.67. The molecule has 19 heavy (non-hydrogen) atoms. The molecule has 2 aromatic rings. The van der Waals surface area contributed by atoms with Crippen LogP contribution < -0.4 is 0 Å². The van der Waals surface area contributed by atoms with Gasteiger partial charge in [-0.15, -0.1) is 0 Å². The zero-order valence-corrected chi connectivity index (χ0v) is 13.3. The lowest BCUT2D eigenvalue weighted by Crippen LogP contribution is -2.15. The number of aliphatic hydroxyl groups excluding tert-OH is 1. The van der Waals surface area contributed by atoms with Gasteiger partial charge >= 0.3 is 0 Å². The molecule has 0 spiro atoms. The monoisotopic (exact) mass is 277 g/mol. The highest BCUT2D eigenvalue weighted by atomic mass is 32.1. The van der Waals surface area contributed by atoms with Gasteiger partial charge in [0.05, 0.1) is 5.52 Å². The van der Waals surface area contributed by atoms with Crippen molar-refractivity contribution in [2.45, 2.75) is 51.5 Å². The van der Waals surface area contributed by atoms with Crippen LogP contribution >= 0.6 is 12.6 Å². The van der Waals surface area contributed by atoms with Gasteiger partial charge in [0.15, 0.2) is 0 Å². The average Bonchev–Trinajstić information content (AvgIpc) is 2.64. The Kier molecular flexibility index (Phi) is 3.48. The third kappa shape index (κ3) is 2.67. The SMILES string of the molecule is CC(C)(C)c1ccc2cc(C(C)(C)S)n(CO)c2c1. The van der Waals surface area contributed by atoms with Gasteiger partial charge in [-0.1, -0.05) is 32.9 Å². The molecule has 1 aromatic heterocycles. The maximum Gasteiger partial charge on any atom is 0.120 e. The van der Waals surface area contributed by atoms with Crippen LogP contribution in [0.1, 0.15) is 45.9 Å². The molecule has 0 bridgehead atoms. The van der Waals surface area contributed by atoms with Gasteiger partial charge < -0.3 is 9.67 Å². The maximum absolute atomic E-state index is 9.69. The van der Waals surface area contributed by atoms with Crippen molar-refractivity contribution in [2.24, 2.45) is 0 Å². The van der Waals surface area contributed by atoms with Crippen molar-refractivity contribution in [1.29, 1.82) is 0 Å². The van der Waals surface area contributed by atoms with Gasteiger partial charge in [0.1, 0.15) is 6.73 Å². The van der Waals surface area contributed by atoms with Gasteiger partial charge in [0.2, 0.25) is 0 Å². The summed E-state index contributed by atoms with van der Waals surface area (Å²) in [6.07, 6.45) is 0. The summed E-state index contributed by atoms with van der Waals surface area (Å²) in [4.78, 5) is 0. The Morgan fingerprint density at radius 3 is 2.21 bits per heavy atom. The number of rotatable bonds is 2. The van der Waals surface area contributed by atoms with Gasteiger partial charge in [-0.25, -0.2) is 0 Å². The van der Waals surface area contributed by atoms with E-state index in [0.717, 1.165) is 16.6 Å². The first-order valence-corrected chi connectivity index (χ1v) is 7.07. The number of nitrogens with zero attached hydrogens (tertiary/aromatic N) is 1. The van der Waals surface area contributed by atoms with Crippen molar-refractivity contribution in [3.63, 3.8) is 0 Å². The Morgan fingerprint density at radius 1 is 1.11 bits per heavy atom. The first kappa shape index (κ1) is 14.5. The molecule has 0 unspecified atom stereocenters. The van der Waals surface area contributed by atoms with Gasteiger partial charge in [0, 0.05) is 15.8 Å². The number of hydrogen-bond donors (Lipinski definition) is 2. The van der Waals surface area contributed by atoms with E-state index in [1.807, 2.05) is 18.4 Å². The maximum atomic E-state index is 9.69. The minimum atomic E-state index is -0.274. The van der Waals surface area contributed by atoms with Gasteiger partial charge in [-0.2, -0.15) is 12.6 Å². The summed E-state index contributed by atoms with van der Waals surface area (Å²) in [6, 6.07) is 8.59. The second-order valence-corrected chi connectivity index (χ2v) is 7.80. The highest BCUT2D eigenvalue weighted by molar-refractivity contribution is 7.81. The van der Waals surface area contributed by atoms with Crippen LogP contribution in [0.4, 0.5) is 0 Å². The Hall–Kier alpha value is -0.930. The summed E-state index contributed by atoms with van der Waals surface area (Å²) in [5.41, 5.74) is 3.50. The highest BCUT2D eigenvalue weighted by Crippen LogP contribution is 2.34. The second kappa shape index (κ2) is 4.57. The highest BCUT2D eigenvalue weighted by Gasteiger charge is 2.22. The molecular formula is C16H23NOS. The van der Waals surface area contributed by atoms with E-state index in [4.69, 9.17) is 0 Å². The molecule has 1 aromatic carbocycles. The van der Waals surface area contributed by atoms with Crippen molar-refractivity contribution in [1.82, 2.24) is 4.57 Å². The van der Waals surface area contributed by atoms with Crippen LogP contribution in [0.2, 0.25) is 0 Å². The average molecular weight is 277 g/mol. The fourth-order valence-electron chi connectivity index (χ4n) is 2.38. The largest absolute Gasteiger partial charge is 0.376 e. The third-order valence-electron chi connectivity index (χ3n) is 3.54. The third-order valence-corrected chi connectivity index (χ3v) is 3.77. The standard InChI is InChI=1S/C16H23NOS/c1-15(2,3)12-7-6-11-8-14(16(4,5)19)17(10-18)13(11)9-12/h6-9,18-19H,10H2,1-5H3. The van der Waals surface area contributed by atoms with Crippen molar-refractivity contribution in [2.75, 3.05) is 0 Å². The summed E-state index contributed by atoms with van der Waals surface area (Å²) in [5.74, 6) is 0. The van der Waals surface area contributed by atoms with E-state index in [2.05, 4.69) is 57.7 Å². The molecule has 0 aliphatic heterocycles. The van der Waals surface area contributed by atoms with E-state index in [-0.39, 0.29) is 16.9 Å². The number of hydrogen-bond acceptors (Lipinski definition) is 2. The fourth-order valence-corrected chi connectivity index (χ4v) is 2.57. The second-order valence-electron chi connectivity index (χ2n) is 6.68. The predicted molar refractivity (Wildman–Crippen MR) is 84.9 cm³/mol. The van der Waals surface area contributed by atoms with E-state index in [1.54, 1.807) is 0 Å². The smallest absolute Gasteiger partial charge is 0.120 e. The Bertz CT molecular complexity index is 599. The van der Waals surface area contributed by atoms with E-state index in [9.17, 15) is 5.11 Å². The van der Waals surface area contributed by atoms with E-state index >= 15 is 0 Å². The fraction of sp³-hybridized carbons (Fsp3) is 0.500.